The number of carbonyl (C=O) groups excluding carboxylic acids is 2. The fourth-order valence-electron chi connectivity index (χ4n) is 2.83. The summed E-state index contributed by atoms with van der Waals surface area (Å²) in [5, 5.41) is 3.19. The minimum atomic E-state index is -0.284. The van der Waals surface area contributed by atoms with E-state index in [0.29, 0.717) is 21.3 Å². The van der Waals surface area contributed by atoms with Crippen LogP contribution in [-0.4, -0.2) is 23.3 Å². The Kier molecular flexibility index (Phi) is 4.56. The van der Waals surface area contributed by atoms with Gasteiger partial charge >= 0.3 is 0 Å². The molecule has 3 aromatic rings. The van der Waals surface area contributed by atoms with E-state index in [1.165, 1.54) is 18.3 Å². The van der Waals surface area contributed by atoms with Gasteiger partial charge in [0.15, 0.2) is 10.9 Å². The highest BCUT2D eigenvalue weighted by molar-refractivity contribution is 7.18. The number of amides is 1. The molecule has 1 amide bonds. The Morgan fingerprint density at radius 3 is 2.59 bits per heavy atom. The van der Waals surface area contributed by atoms with E-state index in [0.717, 1.165) is 16.9 Å². The number of nitrogens with zero attached hydrogens (tertiary/aromatic N) is 1. The van der Waals surface area contributed by atoms with Crippen molar-refractivity contribution in [3.63, 3.8) is 0 Å². The maximum atomic E-state index is 12.6. The van der Waals surface area contributed by atoms with Crippen LogP contribution in [-0.2, 0) is 4.79 Å². The summed E-state index contributed by atoms with van der Waals surface area (Å²) in [6, 6.07) is 17.0. The van der Waals surface area contributed by atoms with Crippen LogP contribution < -0.4 is 10.1 Å². The number of aromatic nitrogens is 1. The predicted molar refractivity (Wildman–Crippen MR) is 106 cm³/mol. The van der Waals surface area contributed by atoms with Gasteiger partial charge in [0.05, 0.1) is 16.1 Å². The summed E-state index contributed by atoms with van der Waals surface area (Å²) in [7, 11) is 0. The zero-order valence-electron chi connectivity index (χ0n) is 14.6. The summed E-state index contributed by atoms with van der Waals surface area (Å²) in [4.78, 5) is 29.6. The highest BCUT2D eigenvalue weighted by Crippen LogP contribution is 2.32. The lowest BCUT2D eigenvalue weighted by molar-refractivity contribution is -0.113. The fourth-order valence-corrected chi connectivity index (χ4v) is 3.71. The minimum absolute atomic E-state index is 0.0824. The van der Waals surface area contributed by atoms with Crippen LogP contribution in [0.5, 0.6) is 5.75 Å². The summed E-state index contributed by atoms with van der Waals surface area (Å²) in [5.74, 6) is 0.391. The van der Waals surface area contributed by atoms with Crippen LogP contribution in [0.3, 0.4) is 0 Å². The van der Waals surface area contributed by atoms with Gasteiger partial charge in [-0.15, -0.1) is 0 Å². The number of hydrogen-bond donors (Lipinski definition) is 1. The minimum Gasteiger partial charge on any atom is -0.488 e. The maximum Gasteiger partial charge on any atom is 0.256 e. The first-order chi connectivity index (χ1) is 13.1. The Hall–Kier alpha value is -3.25. The van der Waals surface area contributed by atoms with Crippen molar-refractivity contribution in [2.24, 2.45) is 0 Å². The van der Waals surface area contributed by atoms with E-state index in [1.807, 2.05) is 60.7 Å². The number of Topliss-reactive ketones (excluding diaryl/α,β-unsaturated/α-hetero) is 1. The van der Waals surface area contributed by atoms with Gasteiger partial charge < -0.3 is 4.74 Å². The monoisotopic (exact) mass is 376 g/mol. The van der Waals surface area contributed by atoms with Crippen molar-refractivity contribution in [1.29, 1.82) is 0 Å². The summed E-state index contributed by atoms with van der Waals surface area (Å²) >= 11 is 1.18. The molecule has 2 aromatic carbocycles. The molecule has 0 atom stereocenters. The Balaban J connectivity index is 1.61. The third-order valence-electron chi connectivity index (χ3n) is 4.14. The lowest BCUT2D eigenvalue weighted by atomic mass is 10.1. The molecule has 0 saturated heterocycles. The number of ether oxygens (including phenoxy) is 1. The molecule has 134 valence electrons. The molecule has 0 unspecified atom stereocenters. The van der Waals surface area contributed by atoms with Crippen LogP contribution in [0.1, 0.15) is 22.2 Å². The van der Waals surface area contributed by atoms with E-state index in [2.05, 4.69) is 10.3 Å². The highest BCUT2D eigenvalue weighted by atomic mass is 32.1. The number of thiazole rings is 1. The summed E-state index contributed by atoms with van der Waals surface area (Å²) < 4.78 is 5.63. The lowest BCUT2D eigenvalue weighted by Crippen LogP contribution is -2.21. The average molecular weight is 376 g/mol. The summed E-state index contributed by atoms with van der Waals surface area (Å²) in [5.41, 5.74) is 2.80. The van der Waals surface area contributed by atoms with E-state index in [1.54, 1.807) is 0 Å². The van der Waals surface area contributed by atoms with Gasteiger partial charge in [-0.1, -0.05) is 59.9 Å². The molecular weight excluding hydrogens is 360 g/mol. The van der Waals surface area contributed by atoms with Crippen LogP contribution >= 0.6 is 11.3 Å². The number of fused-ring (bicyclic) bond motifs is 1. The van der Waals surface area contributed by atoms with Gasteiger partial charge in [0, 0.05) is 18.1 Å². The third-order valence-corrected chi connectivity index (χ3v) is 5.21. The zero-order chi connectivity index (χ0) is 18.8. The van der Waals surface area contributed by atoms with Gasteiger partial charge in [-0.25, -0.2) is 4.98 Å². The molecule has 0 fully saturated rings. The molecule has 1 aliphatic rings. The van der Waals surface area contributed by atoms with Crippen molar-refractivity contribution < 1.29 is 14.3 Å². The Morgan fingerprint density at radius 2 is 1.81 bits per heavy atom. The van der Waals surface area contributed by atoms with Gasteiger partial charge in [0.2, 0.25) is 0 Å². The average Bonchev–Trinajstić information content (AvgIpc) is 3.12. The number of rotatable bonds is 4. The number of ketones is 1. The van der Waals surface area contributed by atoms with Crippen LogP contribution in [0.25, 0.3) is 17.3 Å². The number of carbonyl (C=O) groups is 2. The number of nitrogens with one attached hydrogen (secondary N) is 1. The van der Waals surface area contributed by atoms with Gasteiger partial charge in [-0.3, -0.25) is 14.9 Å². The molecule has 6 heteroatoms. The topological polar surface area (TPSA) is 68.3 Å². The number of para-hydroxylation sites is 1. The first-order valence-corrected chi connectivity index (χ1v) is 9.24. The lowest BCUT2D eigenvalue weighted by Gasteiger charge is -2.16. The highest BCUT2D eigenvalue weighted by Gasteiger charge is 2.21. The van der Waals surface area contributed by atoms with Crippen molar-refractivity contribution in [3.05, 3.63) is 70.6 Å². The first kappa shape index (κ1) is 17.2. The van der Waals surface area contributed by atoms with Gasteiger partial charge in [-0.05, 0) is 12.1 Å². The molecule has 5 nitrogen and oxygen atoms in total. The first-order valence-electron chi connectivity index (χ1n) is 8.43. The zero-order valence-corrected chi connectivity index (χ0v) is 15.4. The SMILES string of the molecule is CC(=O)c1sc(NC(=O)C2=Cc3ccccc3OC2)nc1-c1ccccc1. The second-order valence-corrected chi connectivity index (χ2v) is 7.07. The second-order valence-electron chi connectivity index (χ2n) is 6.07. The quantitative estimate of drug-likeness (QED) is 0.684. The van der Waals surface area contributed by atoms with E-state index >= 15 is 0 Å². The van der Waals surface area contributed by atoms with Crippen molar-refractivity contribution in [3.8, 4) is 17.0 Å². The van der Waals surface area contributed by atoms with Gasteiger partial charge in [0.25, 0.3) is 5.91 Å². The van der Waals surface area contributed by atoms with Gasteiger partial charge in [0.1, 0.15) is 12.4 Å². The van der Waals surface area contributed by atoms with E-state index < -0.39 is 0 Å². The van der Waals surface area contributed by atoms with E-state index in [-0.39, 0.29) is 18.3 Å². The van der Waals surface area contributed by atoms with Crippen molar-refractivity contribution in [2.75, 3.05) is 11.9 Å². The summed E-state index contributed by atoms with van der Waals surface area (Å²) in [6.45, 7) is 1.69. The van der Waals surface area contributed by atoms with Crippen molar-refractivity contribution >= 4 is 34.2 Å². The largest absolute Gasteiger partial charge is 0.488 e. The van der Waals surface area contributed by atoms with Crippen LogP contribution in [0.15, 0.2) is 60.2 Å². The fraction of sp³-hybridized carbons (Fsp3) is 0.0952. The molecule has 0 aliphatic carbocycles. The Bertz CT molecular complexity index is 1050. The van der Waals surface area contributed by atoms with Crippen LogP contribution in [0.2, 0.25) is 0 Å². The molecule has 4 rings (SSSR count). The van der Waals surface area contributed by atoms with Crippen molar-refractivity contribution in [1.82, 2.24) is 4.98 Å². The predicted octanol–water partition coefficient (Wildman–Crippen LogP) is 4.43. The summed E-state index contributed by atoms with van der Waals surface area (Å²) in [6.07, 6.45) is 1.81. The molecule has 0 bridgehead atoms. The molecule has 2 heterocycles. The van der Waals surface area contributed by atoms with Crippen LogP contribution in [0, 0.1) is 0 Å². The molecular formula is C21H16N2O3S. The van der Waals surface area contributed by atoms with E-state index in [9.17, 15) is 9.59 Å². The molecule has 1 aromatic heterocycles. The maximum absolute atomic E-state index is 12.6. The van der Waals surface area contributed by atoms with Gasteiger partial charge in [-0.2, -0.15) is 0 Å². The number of benzene rings is 2. The number of anilines is 1. The molecule has 0 radical (unpaired) electrons. The standard InChI is InChI=1S/C21H16N2O3S/c1-13(24)19-18(14-7-3-2-4-8-14)22-21(27-19)23-20(25)16-11-15-9-5-6-10-17(15)26-12-16/h2-11H,12H2,1H3,(H,22,23,25). The normalized spacial score (nSPS) is 12.6. The number of hydrogen-bond acceptors (Lipinski definition) is 5. The van der Waals surface area contributed by atoms with Crippen LogP contribution in [0.4, 0.5) is 5.13 Å². The Morgan fingerprint density at radius 1 is 1.07 bits per heavy atom. The molecule has 1 aliphatic heterocycles. The Labute approximate surface area is 160 Å². The molecule has 27 heavy (non-hydrogen) atoms. The second kappa shape index (κ2) is 7.17. The third kappa shape index (κ3) is 3.52. The van der Waals surface area contributed by atoms with E-state index in [4.69, 9.17) is 4.74 Å². The smallest absolute Gasteiger partial charge is 0.256 e. The molecule has 0 saturated carbocycles. The molecule has 1 N–H and O–H groups in total. The molecule has 0 spiro atoms. The van der Waals surface area contributed by atoms with Crippen molar-refractivity contribution in [2.45, 2.75) is 6.92 Å².